The maximum absolute atomic E-state index is 12.1. The first-order valence-electron chi connectivity index (χ1n) is 8.99. The van der Waals surface area contributed by atoms with E-state index >= 15 is 0 Å². The van der Waals surface area contributed by atoms with E-state index < -0.39 is 6.03 Å². The van der Waals surface area contributed by atoms with Crippen LogP contribution in [0, 0.1) is 6.92 Å². The SMILES string of the molecule is C=C1C=NN(c2cc(Cl)c(Oc3n[nH]c(=O)cc3-c3cccc(C)c3)c(Cl)c2)C(=O)N1. The highest BCUT2D eigenvalue weighted by Crippen LogP contribution is 2.41. The second kappa shape index (κ2) is 8.25. The van der Waals surface area contributed by atoms with Crippen molar-refractivity contribution >= 4 is 41.1 Å². The van der Waals surface area contributed by atoms with E-state index in [1.54, 1.807) is 0 Å². The minimum atomic E-state index is -0.502. The van der Waals surface area contributed by atoms with Crippen LogP contribution in [0.25, 0.3) is 11.1 Å². The lowest BCUT2D eigenvalue weighted by Crippen LogP contribution is -2.40. The average Bonchev–Trinajstić information content (AvgIpc) is 2.71. The summed E-state index contributed by atoms with van der Waals surface area (Å²) in [7, 11) is 0. The molecule has 2 N–H and O–H groups in total. The number of ether oxygens (including phenoxy) is 1. The van der Waals surface area contributed by atoms with Crippen molar-refractivity contribution in [3.63, 3.8) is 0 Å². The molecule has 0 spiro atoms. The zero-order valence-corrected chi connectivity index (χ0v) is 17.7. The van der Waals surface area contributed by atoms with Gasteiger partial charge in [0, 0.05) is 6.07 Å². The van der Waals surface area contributed by atoms with Gasteiger partial charge in [-0.15, -0.1) is 5.10 Å². The minimum Gasteiger partial charge on any atom is -0.434 e. The number of anilines is 1. The third-order valence-electron chi connectivity index (χ3n) is 4.32. The van der Waals surface area contributed by atoms with Gasteiger partial charge in [0.05, 0.1) is 33.2 Å². The molecule has 156 valence electrons. The number of nitrogens with zero attached hydrogens (tertiary/aromatic N) is 3. The number of aromatic amines is 1. The number of halogens is 2. The Morgan fingerprint density at radius 1 is 1.10 bits per heavy atom. The van der Waals surface area contributed by atoms with Gasteiger partial charge in [-0.3, -0.25) is 4.79 Å². The fourth-order valence-corrected chi connectivity index (χ4v) is 3.49. The van der Waals surface area contributed by atoms with E-state index in [0.717, 1.165) is 16.1 Å². The molecule has 1 aliphatic rings. The predicted molar refractivity (Wildman–Crippen MR) is 120 cm³/mol. The van der Waals surface area contributed by atoms with Gasteiger partial charge in [-0.05, 0) is 24.6 Å². The number of aromatic nitrogens is 2. The number of urea groups is 1. The Morgan fingerprint density at radius 3 is 2.52 bits per heavy atom. The number of hydrazone groups is 1. The van der Waals surface area contributed by atoms with E-state index in [0.29, 0.717) is 16.9 Å². The maximum atomic E-state index is 12.1. The number of aryl methyl sites for hydroxylation is 1. The molecule has 0 aliphatic carbocycles. The highest BCUT2D eigenvalue weighted by atomic mass is 35.5. The van der Waals surface area contributed by atoms with Crippen LogP contribution in [0.5, 0.6) is 11.6 Å². The number of rotatable bonds is 4. The van der Waals surface area contributed by atoms with Crippen molar-refractivity contribution in [2.24, 2.45) is 5.10 Å². The van der Waals surface area contributed by atoms with E-state index in [2.05, 4.69) is 27.2 Å². The van der Waals surface area contributed by atoms with Gasteiger partial charge in [-0.1, -0.05) is 59.6 Å². The van der Waals surface area contributed by atoms with Crippen LogP contribution in [0.15, 0.2) is 64.6 Å². The molecule has 2 aromatic carbocycles. The van der Waals surface area contributed by atoms with Gasteiger partial charge in [0.25, 0.3) is 5.56 Å². The summed E-state index contributed by atoms with van der Waals surface area (Å²) < 4.78 is 5.89. The van der Waals surface area contributed by atoms with Crippen LogP contribution >= 0.6 is 23.2 Å². The van der Waals surface area contributed by atoms with Gasteiger partial charge >= 0.3 is 6.03 Å². The lowest BCUT2D eigenvalue weighted by molar-refractivity contribution is 0.248. The lowest BCUT2D eigenvalue weighted by Gasteiger charge is -2.22. The van der Waals surface area contributed by atoms with E-state index in [9.17, 15) is 9.59 Å². The molecule has 2 heterocycles. The van der Waals surface area contributed by atoms with E-state index in [-0.39, 0.29) is 27.2 Å². The Morgan fingerprint density at radius 2 is 1.84 bits per heavy atom. The first-order valence-corrected chi connectivity index (χ1v) is 9.75. The summed E-state index contributed by atoms with van der Waals surface area (Å²) >= 11 is 12.8. The van der Waals surface area contributed by atoms with Gasteiger partial charge < -0.3 is 10.1 Å². The molecular weight excluding hydrogens is 441 g/mol. The second-order valence-corrected chi connectivity index (χ2v) is 7.49. The summed E-state index contributed by atoms with van der Waals surface area (Å²) in [5, 5.41) is 14.3. The quantitative estimate of drug-likeness (QED) is 0.585. The second-order valence-electron chi connectivity index (χ2n) is 6.67. The molecule has 4 rings (SSSR count). The number of amides is 2. The topological polar surface area (TPSA) is 99.7 Å². The molecule has 0 atom stereocenters. The van der Waals surface area contributed by atoms with E-state index in [4.69, 9.17) is 27.9 Å². The lowest BCUT2D eigenvalue weighted by atomic mass is 10.1. The van der Waals surface area contributed by atoms with E-state index in [1.165, 1.54) is 24.4 Å². The van der Waals surface area contributed by atoms with Crippen LogP contribution in [0.1, 0.15) is 5.56 Å². The number of allylic oxidation sites excluding steroid dienone is 1. The number of carbonyl (C=O) groups is 1. The summed E-state index contributed by atoms with van der Waals surface area (Å²) in [6.45, 7) is 5.56. The van der Waals surface area contributed by atoms with Crippen LogP contribution in [0.4, 0.5) is 10.5 Å². The third kappa shape index (κ3) is 4.30. The zero-order chi connectivity index (χ0) is 22.1. The molecule has 1 aromatic heterocycles. The first kappa shape index (κ1) is 20.6. The minimum absolute atomic E-state index is 0.117. The van der Waals surface area contributed by atoms with Crippen LogP contribution in [0.2, 0.25) is 10.0 Å². The molecule has 0 bridgehead atoms. The average molecular weight is 456 g/mol. The zero-order valence-electron chi connectivity index (χ0n) is 16.1. The third-order valence-corrected chi connectivity index (χ3v) is 4.88. The van der Waals surface area contributed by atoms with Gasteiger partial charge in [0.2, 0.25) is 5.88 Å². The molecule has 31 heavy (non-hydrogen) atoms. The van der Waals surface area contributed by atoms with Crippen LogP contribution in [-0.4, -0.2) is 22.4 Å². The molecule has 0 saturated carbocycles. The Balaban J connectivity index is 1.73. The van der Waals surface area contributed by atoms with Crippen molar-refractivity contribution in [2.45, 2.75) is 6.92 Å². The number of benzene rings is 2. The van der Waals surface area contributed by atoms with Crippen LogP contribution in [0.3, 0.4) is 0 Å². The highest BCUT2D eigenvalue weighted by molar-refractivity contribution is 6.37. The van der Waals surface area contributed by atoms with Gasteiger partial charge in [0.1, 0.15) is 0 Å². The summed E-state index contributed by atoms with van der Waals surface area (Å²) in [5.41, 5.74) is 2.54. The predicted octanol–water partition coefficient (Wildman–Crippen LogP) is 4.87. The van der Waals surface area contributed by atoms with Gasteiger partial charge in [-0.2, -0.15) is 10.1 Å². The number of nitrogens with one attached hydrogen (secondary N) is 2. The number of carbonyl (C=O) groups excluding carboxylic acids is 1. The molecule has 1 aliphatic heterocycles. The molecule has 3 aromatic rings. The normalized spacial score (nSPS) is 13.3. The number of hydrogen-bond donors (Lipinski definition) is 2. The van der Waals surface area contributed by atoms with Crippen LogP contribution < -0.4 is 20.6 Å². The molecule has 0 saturated heterocycles. The van der Waals surface area contributed by atoms with Gasteiger partial charge in [0.15, 0.2) is 5.75 Å². The Bertz CT molecular complexity index is 1280. The molecule has 0 radical (unpaired) electrons. The number of hydrogen-bond acceptors (Lipinski definition) is 5. The fourth-order valence-electron chi connectivity index (χ4n) is 2.94. The van der Waals surface area contributed by atoms with Crippen molar-refractivity contribution in [2.75, 3.05) is 5.01 Å². The Hall–Kier alpha value is -3.62. The number of H-pyrrole nitrogens is 1. The molecule has 0 unspecified atom stereocenters. The van der Waals surface area contributed by atoms with Crippen molar-refractivity contribution in [1.29, 1.82) is 0 Å². The molecular formula is C21H15Cl2N5O3. The monoisotopic (exact) mass is 455 g/mol. The maximum Gasteiger partial charge on any atom is 0.347 e. The fraction of sp³-hybridized carbons (Fsp3) is 0.0476. The van der Waals surface area contributed by atoms with Crippen LogP contribution in [-0.2, 0) is 0 Å². The molecule has 8 nitrogen and oxygen atoms in total. The Kier molecular flexibility index (Phi) is 5.50. The smallest absolute Gasteiger partial charge is 0.347 e. The highest BCUT2D eigenvalue weighted by Gasteiger charge is 2.23. The first-order chi connectivity index (χ1) is 14.8. The summed E-state index contributed by atoms with van der Waals surface area (Å²) in [6, 6.07) is 11.4. The summed E-state index contributed by atoms with van der Waals surface area (Å²) in [6.07, 6.45) is 1.39. The molecule has 10 heteroatoms. The largest absolute Gasteiger partial charge is 0.434 e. The summed E-state index contributed by atoms with van der Waals surface area (Å²) in [4.78, 5) is 24.0. The summed E-state index contributed by atoms with van der Waals surface area (Å²) in [5.74, 6) is 0.234. The van der Waals surface area contributed by atoms with E-state index in [1.807, 2.05) is 31.2 Å². The van der Waals surface area contributed by atoms with Crippen molar-refractivity contribution in [3.8, 4) is 22.8 Å². The van der Waals surface area contributed by atoms with Crippen molar-refractivity contribution < 1.29 is 9.53 Å². The van der Waals surface area contributed by atoms with Gasteiger partial charge in [-0.25, -0.2) is 9.89 Å². The van der Waals surface area contributed by atoms with Crippen molar-refractivity contribution in [3.05, 3.63) is 80.7 Å². The van der Waals surface area contributed by atoms with Crippen molar-refractivity contribution in [1.82, 2.24) is 15.5 Å². The molecule has 2 amide bonds. The molecule has 0 fully saturated rings. The Labute approximate surface area is 186 Å². The standard InChI is InChI=1S/C21H15Cl2N5O3/c1-11-4-3-5-13(6-11)15-9-18(29)26-27-20(15)31-19-16(22)7-14(8-17(19)23)28-21(30)25-12(2)10-24-28/h3-10H,2H2,1H3,(H,25,30)(H,26,29).